The van der Waals surface area contributed by atoms with Gasteiger partial charge in [-0.05, 0) is 0 Å². The van der Waals surface area contributed by atoms with E-state index in [9.17, 15) is 4.79 Å². The Bertz CT molecular complexity index is 98.3. The van der Waals surface area contributed by atoms with Crippen LogP contribution in [0.1, 0.15) is 0 Å². The lowest BCUT2D eigenvalue weighted by molar-refractivity contribution is 0.0865. The summed E-state index contributed by atoms with van der Waals surface area (Å²) >= 11 is 0. The van der Waals surface area contributed by atoms with Crippen molar-refractivity contribution in [2.75, 3.05) is 6.66 Å². The van der Waals surface area contributed by atoms with E-state index in [-0.39, 0.29) is 0 Å². The molecule has 0 unspecified atom stereocenters. The number of hydrogen-bond donors (Lipinski definition) is 1. The van der Waals surface area contributed by atoms with Gasteiger partial charge in [-0.3, -0.25) is 0 Å². The van der Waals surface area contributed by atoms with Crippen LogP contribution in [-0.2, 0) is 9.05 Å². The van der Waals surface area contributed by atoms with Crippen molar-refractivity contribution < 1.29 is 18.7 Å². The summed E-state index contributed by atoms with van der Waals surface area (Å²) in [4.78, 5) is 18.3. The van der Waals surface area contributed by atoms with Gasteiger partial charge < -0.3 is 0 Å². The van der Waals surface area contributed by atoms with Crippen molar-refractivity contribution in [2.24, 2.45) is 0 Å². The van der Waals surface area contributed by atoms with Crippen LogP contribution in [0.25, 0.3) is 0 Å². The number of rotatable bonds is 0. The minimum absolute atomic E-state index is 0.779. The van der Waals surface area contributed by atoms with Crippen LogP contribution in [-0.4, -0.2) is 17.7 Å². The van der Waals surface area contributed by atoms with Gasteiger partial charge in [-0.1, -0.05) is 0 Å². The maximum Gasteiger partial charge on any atom is 0.597 e. The lowest BCUT2D eigenvalue weighted by Crippen LogP contribution is -2.20. The minimum atomic E-state index is -2.62. The first-order valence-electron chi connectivity index (χ1n) is 1.62. The van der Waals surface area contributed by atoms with Crippen LogP contribution in [0.15, 0.2) is 0 Å². The lowest BCUT2D eigenvalue weighted by atomic mass is 11.5. The van der Waals surface area contributed by atoms with Gasteiger partial charge in [0.15, 0.2) is 0 Å². The fourth-order valence-corrected chi connectivity index (χ4v) is 0.850. The molecule has 5 heteroatoms. The van der Waals surface area contributed by atoms with E-state index in [4.69, 9.17) is 4.89 Å². The van der Waals surface area contributed by atoms with Crippen LogP contribution in [0.2, 0.25) is 0 Å². The summed E-state index contributed by atoms with van der Waals surface area (Å²) in [6, 6.07) is 0. The molecule has 0 bridgehead atoms. The summed E-state index contributed by atoms with van der Waals surface area (Å²) in [5, 5.41) is 0. The van der Waals surface area contributed by atoms with Crippen LogP contribution < -0.4 is 0 Å². The largest absolute Gasteiger partial charge is 0.597 e. The third-order valence-corrected chi connectivity index (χ3v) is 1.46. The van der Waals surface area contributed by atoms with E-state index in [0.29, 0.717) is 0 Å². The maximum absolute atomic E-state index is 9.74. The molecule has 1 saturated heterocycles. The van der Waals surface area contributed by atoms with Gasteiger partial charge in [0.1, 0.15) is 6.66 Å². The molecule has 0 aromatic heterocycles. The SMILES string of the molecule is C[P+]1(O)OC(=O)O1. The first-order chi connectivity index (χ1) is 3.10. The van der Waals surface area contributed by atoms with Crippen molar-refractivity contribution in [1.82, 2.24) is 0 Å². The predicted molar refractivity (Wildman–Crippen MR) is 22.6 cm³/mol. The number of hydrogen-bond acceptors (Lipinski definition) is 4. The highest BCUT2D eigenvalue weighted by Crippen LogP contribution is 2.61. The Labute approximate surface area is 40.6 Å². The van der Waals surface area contributed by atoms with E-state index in [1.165, 1.54) is 6.66 Å². The van der Waals surface area contributed by atoms with Gasteiger partial charge in [-0.25, -0.2) is 0 Å². The van der Waals surface area contributed by atoms with E-state index in [1.807, 2.05) is 0 Å². The zero-order valence-electron chi connectivity index (χ0n) is 3.62. The molecule has 0 amide bonds. The maximum atomic E-state index is 9.74. The molecule has 4 nitrogen and oxygen atoms in total. The average molecular weight is 123 g/mol. The van der Waals surface area contributed by atoms with Gasteiger partial charge in [-0.2, -0.15) is 18.7 Å². The van der Waals surface area contributed by atoms with E-state index >= 15 is 0 Å². The Morgan fingerprint density at radius 2 is 2.14 bits per heavy atom. The van der Waals surface area contributed by atoms with Crippen molar-refractivity contribution in [3.8, 4) is 0 Å². The van der Waals surface area contributed by atoms with Crippen LogP contribution in [0.5, 0.6) is 0 Å². The second kappa shape index (κ2) is 1.08. The highest BCUT2D eigenvalue weighted by molar-refractivity contribution is 7.62. The fourth-order valence-electron chi connectivity index (χ4n) is 0.283. The Hall–Kier alpha value is -0.340. The molecule has 1 fully saturated rings. The normalized spacial score (nSPS) is 24.6. The number of carbonyl (C=O) groups excluding carboxylic acids is 1. The monoisotopic (exact) mass is 123 g/mol. The van der Waals surface area contributed by atoms with Crippen molar-refractivity contribution in [2.45, 2.75) is 0 Å². The minimum Gasteiger partial charge on any atom is -0.197 e. The second-order valence-corrected chi connectivity index (χ2v) is 3.21. The molecule has 40 valence electrons. The lowest BCUT2D eigenvalue weighted by Gasteiger charge is -2.15. The Morgan fingerprint density at radius 1 is 1.71 bits per heavy atom. The van der Waals surface area contributed by atoms with Crippen LogP contribution >= 0.6 is 7.94 Å². The molecule has 7 heavy (non-hydrogen) atoms. The summed E-state index contributed by atoms with van der Waals surface area (Å²) in [5.74, 6) is 0. The van der Waals surface area contributed by atoms with Gasteiger partial charge in [-0.15, -0.1) is 0 Å². The number of carbonyl (C=O) groups is 1. The molecule has 0 atom stereocenters. The summed E-state index contributed by atoms with van der Waals surface area (Å²) in [6.07, 6.45) is -0.779. The summed E-state index contributed by atoms with van der Waals surface area (Å²) in [5.41, 5.74) is 0. The van der Waals surface area contributed by atoms with E-state index in [0.717, 1.165) is 0 Å². The quantitative estimate of drug-likeness (QED) is 0.477. The molecule has 1 N–H and O–H groups in total. The summed E-state index contributed by atoms with van der Waals surface area (Å²) in [6.45, 7) is 1.34. The molecule has 1 aliphatic rings. The molecular weight excluding hydrogens is 119 g/mol. The average Bonchev–Trinajstić information content (AvgIpc) is 1.27. The first kappa shape index (κ1) is 4.81. The molecule has 0 aromatic carbocycles. The molecule has 0 aliphatic carbocycles. The first-order valence-corrected chi connectivity index (χ1v) is 3.65. The van der Waals surface area contributed by atoms with Crippen molar-refractivity contribution in [3.05, 3.63) is 0 Å². The molecule has 1 heterocycles. The molecule has 0 saturated carbocycles. The molecule has 0 spiro atoms. The van der Waals surface area contributed by atoms with Gasteiger partial charge in [0.2, 0.25) is 0 Å². The molecular formula is C2H4O4P+. The Morgan fingerprint density at radius 3 is 2.14 bits per heavy atom. The van der Waals surface area contributed by atoms with Crippen molar-refractivity contribution >= 4 is 14.1 Å². The highest BCUT2D eigenvalue weighted by atomic mass is 31.2. The van der Waals surface area contributed by atoms with Crippen LogP contribution in [0.3, 0.4) is 0 Å². The van der Waals surface area contributed by atoms with Gasteiger partial charge in [0.05, 0.1) is 0 Å². The van der Waals surface area contributed by atoms with E-state index in [1.54, 1.807) is 0 Å². The molecule has 1 rings (SSSR count). The van der Waals surface area contributed by atoms with Gasteiger partial charge in [0, 0.05) is 0 Å². The second-order valence-electron chi connectivity index (χ2n) is 1.24. The van der Waals surface area contributed by atoms with Crippen LogP contribution in [0.4, 0.5) is 4.79 Å². The molecule has 1 aliphatic heterocycles. The Balaban J connectivity index is 2.43. The van der Waals surface area contributed by atoms with E-state index < -0.39 is 14.1 Å². The Kier molecular flexibility index (Phi) is 0.743. The molecule has 0 aromatic rings. The van der Waals surface area contributed by atoms with E-state index in [2.05, 4.69) is 9.05 Å². The third-order valence-electron chi connectivity index (χ3n) is 0.488. The molecule has 0 radical (unpaired) electrons. The van der Waals surface area contributed by atoms with Crippen molar-refractivity contribution in [1.29, 1.82) is 0 Å². The zero-order valence-corrected chi connectivity index (χ0v) is 4.51. The predicted octanol–water partition coefficient (Wildman–Crippen LogP) is 0.538. The van der Waals surface area contributed by atoms with Gasteiger partial charge >= 0.3 is 14.1 Å². The summed E-state index contributed by atoms with van der Waals surface area (Å²) < 4.78 is 8.26. The highest BCUT2D eigenvalue weighted by Gasteiger charge is 2.55. The topological polar surface area (TPSA) is 55.8 Å². The third kappa shape index (κ3) is 0.813. The van der Waals surface area contributed by atoms with Gasteiger partial charge in [0.25, 0.3) is 0 Å². The fraction of sp³-hybridized carbons (Fsp3) is 0.500. The zero-order chi connectivity index (χ0) is 5.49. The smallest absolute Gasteiger partial charge is 0.197 e. The summed E-state index contributed by atoms with van der Waals surface area (Å²) in [7, 11) is -2.62. The van der Waals surface area contributed by atoms with Crippen molar-refractivity contribution in [3.63, 3.8) is 0 Å². The van der Waals surface area contributed by atoms with Crippen LogP contribution in [0, 0.1) is 0 Å². The standard InChI is InChI=1S/C2H4O4P/c1-7(4)5-2(3)6-7/h4H,1H3/q+1.